The van der Waals surface area contributed by atoms with Crippen molar-refractivity contribution in [3.05, 3.63) is 35.0 Å². The van der Waals surface area contributed by atoms with Crippen LogP contribution in [0.4, 0.5) is 0 Å². The second-order valence-corrected chi connectivity index (χ2v) is 4.62. The first-order valence-electron chi connectivity index (χ1n) is 5.91. The molecule has 0 aliphatic heterocycles. The van der Waals surface area contributed by atoms with Crippen LogP contribution in [-0.4, -0.2) is 16.1 Å². The Morgan fingerprint density at radius 3 is 2.65 bits per heavy atom. The molecule has 0 aliphatic rings. The molecule has 3 nitrogen and oxygen atoms in total. The number of benzene rings is 1. The molecule has 1 aromatic carbocycles. The van der Waals surface area contributed by atoms with E-state index >= 15 is 0 Å². The molecule has 17 heavy (non-hydrogen) atoms. The summed E-state index contributed by atoms with van der Waals surface area (Å²) in [4.78, 5) is 14.4. The van der Waals surface area contributed by atoms with Crippen molar-refractivity contribution < 1.29 is 9.90 Å². The number of carbonyl (C=O) groups is 1. The molecule has 0 saturated carbocycles. The van der Waals surface area contributed by atoms with Gasteiger partial charge in [-0.1, -0.05) is 20.8 Å². The molecule has 90 valence electrons. The molecule has 2 aromatic rings. The number of aromatic amines is 1. The number of hydrogen-bond donors (Lipinski definition) is 2. The molecule has 0 radical (unpaired) electrons. The number of aromatic carboxylic acids is 1. The highest BCUT2D eigenvalue weighted by atomic mass is 16.4. The summed E-state index contributed by atoms with van der Waals surface area (Å²) in [7, 11) is 0. The predicted molar refractivity (Wildman–Crippen MR) is 68.7 cm³/mol. The molecule has 1 aromatic heterocycles. The van der Waals surface area contributed by atoms with Gasteiger partial charge in [0.25, 0.3) is 0 Å². The Balaban J connectivity index is 2.76. The van der Waals surface area contributed by atoms with E-state index in [1.165, 1.54) is 5.56 Å². The maximum Gasteiger partial charge on any atom is 0.335 e. The van der Waals surface area contributed by atoms with Crippen LogP contribution in [0.2, 0.25) is 0 Å². The van der Waals surface area contributed by atoms with Crippen molar-refractivity contribution in [2.45, 2.75) is 33.1 Å². The van der Waals surface area contributed by atoms with Gasteiger partial charge in [-0.3, -0.25) is 0 Å². The lowest BCUT2D eigenvalue weighted by atomic mass is 9.98. The van der Waals surface area contributed by atoms with Gasteiger partial charge in [0.15, 0.2) is 0 Å². The minimum atomic E-state index is -0.863. The maximum absolute atomic E-state index is 11.1. The van der Waals surface area contributed by atoms with Crippen molar-refractivity contribution in [2.75, 3.05) is 0 Å². The fourth-order valence-electron chi connectivity index (χ4n) is 2.21. The van der Waals surface area contributed by atoms with E-state index in [-0.39, 0.29) is 0 Å². The Morgan fingerprint density at radius 2 is 2.12 bits per heavy atom. The van der Waals surface area contributed by atoms with E-state index in [9.17, 15) is 4.79 Å². The normalized spacial score (nSPS) is 11.3. The van der Waals surface area contributed by atoms with Crippen LogP contribution in [0.15, 0.2) is 18.3 Å². The van der Waals surface area contributed by atoms with Gasteiger partial charge in [-0.05, 0) is 35.6 Å². The standard InChI is InChI=1S/C14H17NO2/c1-4-9-5-10(14(16)17)6-11-12(8(2)3)7-15-13(9)11/h5-8,15H,4H2,1-3H3,(H,16,17). The smallest absolute Gasteiger partial charge is 0.335 e. The van der Waals surface area contributed by atoms with Crippen LogP contribution in [0.3, 0.4) is 0 Å². The van der Waals surface area contributed by atoms with Crippen molar-refractivity contribution >= 4 is 16.9 Å². The highest BCUT2D eigenvalue weighted by Gasteiger charge is 2.13. The second kappa shape index (κ2) is 4.24. The molecule has 2 rings (SSSR count). The molecule has 0 bridgehead atoms. The van der Waals surface area contributed by atoms with E-state index in [4.69, 9.17) is 5.11 Å². The van der Waals surface area contributed by atoms with E-state index in [1.807, 2.05) is 13.1 Å². The number of hydrogen-bond acceptors (Lipinski definition) is 1. The van der Waals surface area contributed by atoms with Crippen molar-refractivity contribution in [2.24, 2.45) is 0 Å². The molecule has 3 heteroatoms. The summed E-state index contributed by atoms with van der Waals surface area (Å²) in [5, 5.41) is 10.2. The van der Waals surface area contributed by atoms with Crippen molar-refractivity contribution in [3.63, 3.8) is 0 Å². The van der Waals surface area contributed by atoms with Gasteiger partial charge in [-0.2, -0.15) is 0 Å². The van der Waals surface area contributed by atoms with E-state index in [0.717, 1.165) is 22.9 Å². The topological polar surface area (TPSA) is 53.1 Å². The lowest BCUT2D eigenvalue weighted by molar-refractivity contribution is 0.0697. The minimum absolute atomic E-state index is 0.371. The third-order valence-corrected chi connectivity index (χ3v) is 3.15. The molecular formula is C14H17NO2. The van der Waals surface area contributed by atoms with E-state index < -0.39 is 5.97 Å². The quantitative estimate of drug-likeness (QED) is 0.848. The summed E-state index contributed by atoms with van der Waals surface area (Å²) in [6.07, 6.45) is 2.82. The highest BCUT2D eigenvalue weighted by Crippen LogP contribution is 2.29. The number of rotatable bonds is 3. The number of carboxylic acid groups (broad SMARTS) is 1. The molecule has 0 amide bonds. The summed E-state index contributed by atoms with van der Waals surface area (Å²) >= 11 is 0. The summed E-state index contributed by atoms with van der Waals surface area (Å²) in [5.74, 6) is -0.477. The first-order valence-corrected chi connectivity index (χ1v) is 5.91. The van der Waals surface area contributed by atoms with Crippen LogP contribution in [0.1, 0.15) is 48.2 Å². The third-order valence-electron chi connectivity index (χ3n) is 3.15. The Kier molecular flexibility index (Phi) is 2.92. The molecule has 0 saturated heterocycles. The zero-order valence-electron chi connectivity index (χ0n) is 10.4. The number of H-pyrrole nitrogens is 1. The van der Waals surface area contributed by atoms with Gasteiger partial charge in [-0.25, -0.2) is 4.79 Å². The van der Waals surface area contributed by atoms with Gasteiger partial charge < -0.3 is 10.1 Å². The van der Waals surface area contributed by atoms with Gasteiger partial charge in [-0.15, -0.1) is 0 Å². The van der Waals surface area contributed by atoms with Crippen molar-refractivity contribution in [3.8, 4) is 0 Å². The fraction of sp³-hybridized carbons (Fsp3) is 0.357. The molecule has 1 heterocycles. The van der Waals surface area contributed by atoms with E-state index in [2.05, 4.69) is 18.8 Å². The Bertz CT molecular complexity index is 567. The average molecular weight is 231 g/mol. The Morgan fingerprint density at radius 1 is 1.41 bits per heavy atom. The molecule has 0 unspecified atom stereocenters. The third kappa shape index (κ3) is 1.93. The number of nitrogens with one attached hydrogen (secondary N) is 1. The zero-order chi connectivity index (χ0) is 12.6. The van der Waals surface area contributed by atoms with Crippen molar-refractivity contribution in [1.29, 1.82) is 0 Å². The number of aryl methyl sites for hydroxylation is 1. The van der Waals surface area contributed by atoms with Crippen LogP contribution in [-0.2, 0) is 6.42 Å². The Labute approximate surface area is 100 Å². The van der Waals surface area contributed by atoms with Crippen LogP contribution in [0, 0.1) is 0 Å². The van der Waals surface area contributed by atoms with Crippen molar-refractivity contribution in [1.82, 2.24) is 4.98 Å². The van der Waals surface area contributed by atoms with Crippen LogP contribution in [0.5, 0.6) is 0 Å². The Hall–Kier alpha value is -1.77. The van der Waals surface area contributed by atoms with Gasteiger partial charge in [0.05, 0.1) is 5.56 Å². The summed E-state index contributed by atoms with van der Waals surface area (Å²) in [6.45, 7) is 6.26. The monoisotopic (exact) mass is 231 g/mol. The average Bonchev–Trinajstić information content (AvgIpc) is 2.70. The molecular weight excluding hydrogens is 214 g/mol. The SMILES string of the molecule is CCc1cc(C(=O)O)cc2c(C(C)C)c[nH]c12. The number of fused-ring (bicyclic) bond motifs is 1. The molecule has 0 aliphatic carbocycles. The second-order valence-electron chi connectivity index (χ2n) is 4.62. The molecule has 0 atom stereocenters. The lowest BCUT2D eigenvalue weighted by Gasteiger charge is -2.06. The largest absolute Gasteiger partial charge is 0.478 e. The predicted octanol–water partition coefficient (Wildman–Crippen LogP) is 3.55. The van der Waals surface area contributed by atoms with E-state index in [0.29, 0.717) is 11.5 Å². The van der Waals surface area contributed by atoms with Gasteiger partial charge in [0.1, 0.15) is 0 Å². The van der Waals surface area contributed by atoms with Gasteiger partial charge >= 0.3 is 5.97 Å². The van der Waals surface area contributed by atoms with Gasteiger partial charge in [0.2, 0.25) is 0 Å². The summed E-state index contributed by atoms with van der Waals surface area (Å²) in [6, 6.07) is 3.52. The fourth-order valence-corrected chi connectivity index (χ4v) is 2.21. The molecule has 0 spiro atoms. The van der Waals surface area contributed by atoms with Gasteiger partial charge in [0, 0.05) is 17.1 Å². The first-order chi connectivity index (χ1) is 8.04. The number of aromatic nitrogens is 1. The highest BCUT2D eigenvalue weighted by molar-refractivity contribution is 5.96. The minimum Gasteiger partial charge on any atom is -0.478 e. The maximum atomic E-state index is 11.1. The van der Waals surface area contributed by atoms with Crippen LogP contribution < -0.4 is 0 Å². The summed E-state index contributed by atoms with van der Waals surface area (Å²) in [5.41, 5.74) is 3.68. The zero-order valence-corrected chi connectivity index (χ0v) is 10.4. The molecule has 2 N–H and O–H groups in total. The van der Waals surface area contributed by atoms with Crippen LogP contribution in [0.25, 0.3) is 10.9 Å². The van der Waals surface area contributed by atoms with E-state index in [1.54, 1.807) is 12.1 Å². The lowest BCUT2D eigenvalue weighted by Crippen LogP contribution is -1.98. The number of carboxylic acids is 1. The first kappa shape index (κ1) is 11.7. The van der Waals surface area contributed by atoms with Crippen LogP contribution >= 0.6 is 0 Å². The summed E-state index contributed by atoms with van der Waals surface area (Å²) < 4.78 is 0. The molecule has 0 fully saturated rings.